The van der Waals surface area contributed by atoms with Crippen LogP contribution >= 0.6 is 11.6 Å². The summed E-state index contributed by atoms with van der Waals surface area (Å²) in [6, 6.07) is 3.38. The van der Waals surface area contributed by atoms with Crippen LogP contribution in [0.5, 0.6) is 5.75 Å². The van der Waals surface area contributed by atoms with Crippen LogP contribution in [0.25, 0.3) is 0 Å². The number of rotatable bonds is 2. The van der Waals surface area contributed by atoms with Crippen molar-refractivity contribution in [2.24, 2.45) is 0 Å². The molecule has 0 atom stereocenters. The lowest BCUT2D eigenvalue weighted by Gasteiger charge is -2.07. The van der Waals surface area contributed by atoms with E-state index in [1.807, 2.05) is 19.9 Å². The maximum atomic E-state index is 9.40. The Bertz CT molecular complexity index is 286. The van der Waals surface area contributed by atoms with Crippen LogP contribution in [0.2, 0.25) is 5.02 Å². The number of aryl methyl sites for hydroxylation is 1. The zero-order valence-corrected chi connectivity index (χ0v) is 7.94. The minimum atomic E-state index is 0.201. The van der Waals surface area contributed by atoms with Crippen LogP contribution in [0.1, 0.15) is 12.5 Å². The second kappa shape index (κ2) is 3.68. The molecule has 0 fully saturated rings. The van der Waals surface area contributed by atoms with Gasteiger partial charge in [-0.25, -0.2) is 0 Å². The number of hydrogen-bond acceptors (Lipinski definition) is 2. The van der Waals surface area contributed by atoms with Crippen molar-refractivity contribution in [2.45, 2.75) is 13.8 Å². The average molecular weight is 186 g/mol. The second-order valence-electron chi connectivity index (χ2n) is 2.65. The number of halogens is 1. The van der Waals surface area contributed by atoms with Gasteiger partial charge in [0, 0.05) is 17.6 Å². The van der Waals surface area contributed by atoms with Gasteiger partial charge in [0.25, 0.3) is 0 Å². The molecule has 3 heteroatoms. The second-order valence-corrected chi connectivity index (χ2v) is 3.06. The summed E-state index contributed by atoms with van der Waals surface area (Å²) in [6.07, 6.45) is 0. The van der Waals surface area contributed by atoms with Crippen LogP contribution in [0.4, 0.5) is 5.69 Å². The van der Waals surface area contributed by atoms with Gasteiger partial charge in [-0.05, 0) is 25.5 Å². The van der Waals surface area contributed by atoms with Gasteiger partial charge in [-0.3, -0.25) is 0 Å². The molecule has 0 aromatic heterocycles. The summed E-state index contributed by atoms with van der Waals surface area (Å²) in [7, 11) is 0. The number of phenolic OH excluding ortho intramolecular Hbond substituents is 1. The van der Waals surface area contributed by atoms with Crippen molar-refractivity contribution in [1.29, 1.82) is 0 Å². The van der Waals surface area contributed by atoms with Gasteiger partial charge in [-0.2, -0.15) is 0 Å². The van der Waals surface area contributed by atoms with Gasteiger partial charge in [0.15, 0.2) is 0 Å². The first-order chi connectivity index (χ1) is 5.65. The Balaban J connectivity index is 3.05. The molecule has 0 saturated heterocycles. The number of nitrogens with one attached hydrogen (secondary N) is 1. The number of benzene rings is 1. The van der Waals surface area contributed by atoms with Crippen molar-refractivity contribution in [2.75, 3.05) is 11.9 Å². The van der Waals surface area contributed by atoms with E-state index >= 15 is 0 Å². The number of phenols is 1. The van der Waals surface area contributed by atoms with Crippen LogP contribution in [-0.4, -0.2) is 11.7 Å². The maximum Gasteiger partial charge on any atom is 0.140 e. The molecule has 0 aliphatic rings. The predicted molar refractivity (Wildman–Crippen MR) is 52.0 cm³/mol. The zero-order chi connectivity index (χ0) is 9.14. The minimum absolute atomic E-state index is 0.201. The maximum absolute atomic E-state index is 9.40. The van der Waals surface area contributed by atoms with Crippen LogP contribution < -0.4 is 5.32 Å². The van der Waals surface area contributed by atoms with E-state index < -0.39 is 0 Å². The molecule has 66 valence electrons. The fourth-order valence-corrected chi connectivity index (χ4v) is 1.16. The monoisotopic (exact) mass is 185 g/mol. The molecule has 1 aromatic carbocycles. The largest absolute Gasteiger partial charge is 0.506 e. The first-order valence-electron chi connectivity index (χ1n) is 3.88. The molecule has 0 bridgehead atoms. The Morgan fingerprint density at radius 1 is 1.50 bits per heavy atom. The molecule has 2 N–H and O–H groups in total. The van der Waals surface area contributed by atoms with Crippen molar-refractivity contribution in [3.63, 3.8) is 0 Å². The van der Waals surface area contributed by atoms with E-state index in [-0.39, 0.29) is 5.75 Å². The van der Waals surface area contributed by atoms with Crippen LogP contribution in [0.3, 0.4) is 0 Å². The fourth-order valence-electron chi connectivity index (χ4n) is 1.00. The number of hydrogen-bond donors (Lipinski definition) is 2. The Morgan fingerprint density at radius 3 is 2.75 bits per heavy atom. The van der Waals surface area contributed by atoms with Crippen LogP contribution in [0.15, 0.2) is 12.1 Å². The Morgan fingerprint density at radius 2 is 2.17 bits per heavy atom. The summed E-state index contributed by atoms with van der Waals surface area (Å²) < 4.78 is 0. The molecule has 0 aliphatic heterocycles. The Hall–Kier alpha value is -0.890. The lowest BCUT2D eigenvalue weighted by molar-refractivity contribution is 0.477. The van der Waals surface area contributed by atoms with Crippen molar-refractivity contribution in [3.8, 4) is 5.75 Å². The van der Waals surface area contributed by atoms with E-state index in [1.165, 1.54) is 0 Å². The minimum Gasteiger partial charge on any atom is -0.506 e. The SMILES string of the molecule is CCNc1cc(C)c(Cl)cc1O. The van der Waals surface area contributed by atoms with E-state index in [0.29, 0.717) is 5.02 Å². The molecule has 1 aromatic rings. The predicted octanol–water partition coefficient (Wildman–Crippen LogP) is 2.79. The average Bonchev–Trinajstić information content (AvgIpc) is 2.01. The molecule has 1 rings (SSSR count). The van der Waals surface area contributed by atoms with Crippen molar-refractivity contribution in [3.05, 3.63) is 22.7 Å². The highest BCUT2D eigenvalue weighted by Gasteiger charge is 2.03. The van der Waals surface area contributed by atoms with Gasteiger partial charge >= 0.3 is 0 Å². The third-order valence-electron chi connectivity index (χ3n) is 1.64. The molecular weight excluding hydrogens is 174 g/mol. The Kier molecular flexibility index (Phi) is 2.82. The fraction of sp³-hybridized carbons (Fsp3) is 0.333. The summed E-state index contributed by atoms with van der Waals surface area (Å²) in [5.74, 6) is 0.201. The first kappa shape index (κ1) is 9.20. The number of aromatic hydroxyl groups is 1. The molecule has 0 amide bonds. The highest BCUT2D eigenvalue weighted by molar-refractivity contribution is 6.31. The van der Waals surface area contributed by atoms with Crippen LogP contribution in [-0.2, 0) is 0 Å². The van der Waals surface area contributed by atoms with Gasteiger partial charge < -0.3 is 10.4 Å². The quantitative estimate of drug-likeness (QED) is 0.695. The highest BCUT2D eigenvalue weighted by atomic mass is 35.5. The number of anilines is 1. The first-order valence-corrected chi connectivity index (χ1v) is 4.26. The van der Waals surface area contributed by atoms with Gasteiger partial charge in [-0.1, -0.05) is 11.6 Å². The van der Waals surface area contributed by atoms with Crippen molar-refractivity contribution < 1.29 is 5.11 Å². The lowest BCUT2D eigenvalue weighted by atomic mass is 10.2. The lowest BCUT2D eigenvalue weighted by Crippen LogP contribution is -1.97. The summed E-state index contributed by atoms with van der Waals surface area (Å²) in [5, 5.41) is 13.0. The molecule has 0 heterocycles. The normalized spacial score (nSPS) is 9.92. The molecular formula is C9H12ClNO. The van der Waals surface area contributed by atoms with Gasteiger partial charge in [0.1, 0.15) is 5.75 Å². The molecule has 2 nitrogen and oxygen atoms in total. The van der Waals surface area contributed by atoms with Crippen molar-refractivity contribution >= 4 is 17.3 Å². The molecule has 0 saturated carbocycles. The summed E-state index contributed by atoms with van der Waals surface area (Å²) in [5.41, 5.74) is 1.70. The van der Waals surface area contributed by atoms with E-state index in [1.54, 1.807) is 6.07 Å². The summed E-state index contributed by atoms with van der Waals surface area (Å²) >= 11 is 5.80. The zero-order valence-electron chi connectivity index (χ0n) is 7.19. The third-order valence-corrected chi connectivity index (χ3v) is 2.05. The van der Waals surface area contributed by atoms with Gasteiger partial charge in [0.05, 0.1) is 5.69 Å². The molecule has 0 radical (unpaired) electrons. The molecule has 0 unspecified atom stereocenters. The smallest absolute Gasteiger partial charge is 0.140 e. The van der Waals surface area contributed by atoms with Gasteiger partial charge in [0.2, 0.25) is 0 Å². The molecule has 0 aliphatic carbocycles. The van der Waals surface area contributed by atoms with Gasteiger partial charge in [-0.15, -0.1) is 0 Å². The topological polar surface area (TPSA) is 32.3 Å². The molecule has 0 spiro atoms. The van der Waals surface area contributed by atoms with E-state index in [0.717, 1.165) is 17.8 Å². The standard InChI is InChI=1S/C9H12ClNO/c1-3-11-8-4-6(2)7(10)5-9(8)12/h4-5,11-12H,3H2,1-2H3. The Labute approximate surface area is 77.2 Å². The van der Waals surface area contributed by atoms with E-state index in [4.69, 9.17) is 11.6 Å². The van der Waals surface area contributed by atoms with E-state index in [2.05, 4.69) is 5.32 Å². The molecule has 12 heavy (non-hydrogen) atoms. The van der Waals surface area contributed by atoms with Crippen LogP contribution in [0, 0.1) is 6.92 Å². The summed E-state index contributed by atoms with van der Waals surface area (Å²) in [4.78, 5) is 0. The highest BCUT2D eigenvalue weighted by Crippen LogP contribution is 2.29. The van der Waals surface area contributed by atoms with Crippen molar-refractivity contribution in [1.82, 2.24) is 0 Å². The summed E-state index contributed by atoms with van der Waals surface area (Å²) in [6.45, 7) is 4.67. The third kappa shape index (κ3) is 1.83. The van der Waals surface area contributed by atoms with E-state index in [9.17, 15) is 5.11 Å².